The van der Waals surface area contributed by atoms with Gasteiger partial charge in [0, 0.05) is 31.0 Å². The molecule has 1 radical (unpaired) electrons. The normalized spacial score (nSPS) is 31.9. The highest BCUT2D eigenvalue weighted by Crippen LogP contribution is 2.20. The zero-order valence-corrected chi connectivity index (χ0v) is 7.76. The number of nitrogens with two attached hydrogens (primary N) is 1. The number of hydrogen-bond acceptors (Lipinski definition) is 3. The van der Waals surface area contributed by atoms with Crippen molar-refractivity contribution >= 4 is 5.78 Å². The van der Waals surface area contributed by atoms with Crippen molar-refractivity contribution in [3.05, 3.63) is 6.04 Å². The molecule has 0 aliphatic carbocycles. The Morgan fingerprint density at radius 1 is 1.75 bits per heavy atom. The first-order valence-corrected chi connectivity index (χ1v) is 4.52. The molecule has 1 heterocycles. The molecule has 1 fully saturated rings. The highest BCUT2D eigenvalue weighted by atomic mass is 16.1. The van der Waals surface area contributed by atoms with E-state index in [4.69, 9.17) is 5.73 Å². The SMILES string of the molecule is CCC(=O)C1CNC(C)C[C]1N. The number of piperidine rings is 1. The summed E-state index contributed by atoms with van der Waals surface area (Å²) in [6.45, 7) is 4.69. The van der Waals surface area contributed by atoms with Gasteiger partial charge < -0.3 is 11.1 Å². The largest absolute Gasteiger partial charge is 0.323 e. The molecular formula is C9H17N2O. The molecule has 12 heavy (non-hydrogen) atoms. The second-order valence-electron chi connectivity index (χ2n) is 3.46. The fourth-order valence-electron chi connectivity index (χ4n) is 1.59. The van der Waals surface area contributed by atoms with Crippen molar-refractivity contribution in [3.63, 3.8) is 0 Å². The first-order valence-electron chi connectivity index (χ1n) is 4.52. The first kappa shape index (κ1) is 9.68. The molecule has 1 aliphatic heterocycles. The Morgan fingerprint density at radius 2 is 2.42 bits per heavy atom. The molecule has 0 amide bonds. The van der Waals surface area contributed by atoms with Crippen LogP contribution in [0.15, 0.2) is 0 Å². The van der Waals surface area contributed by atoms with E-state index < -0.39 is 0 Å². The van der Waals surface area contributed by atoms with Crippen LogP contribution in [0.3, 0.4) is 0 Å². The smallest absolute Gasteiger partial charge is 0.138 e. The van der Waals surface area contributed by atoms with Gasteiger partial charge in [-0.05, 0) is 13.3 Å². The fourth-order valence-corrected chi connectivity index (χ4v) is 1.59. The summed E-state index contributed by atoms with van der Waals surface area (Å²) >= 11 is 0. The van der Waals surface area contributed by atoms with Gasteiger partial charge in [0.1, 0.15) is 5.78 Å². The predicted octanol–water partition coefficient (Wildman–Crippen LogP) is 0.454. The van der Waals surface area contributed by atoms with Crippen molar-refractivity contribution in [2.45, 2.75) is 32.7 Å². The van der Waals surface area contributed by atoms with Gasteiger partial charge in [-0.1, -0.05) is 6.92 Å². The molecule has 0 aromatic heterocycles. The first-order chi connectivity index (χ1) is 5.65. The van der Waals surface area contributed by atoms with Crippen LogP contribution in [0.1, 0.15) is 26.7 Å². The average Bonchev–Trinajstić information content (AvgIpc) is 2.03. The lowest BCUT2D eigenvalue weighted by molar-refractivity contribution is -0.122. The van der Waals surface area contributed by atoms with Gasteiger partial charge in [-0.25, -0.2) is 0 Å². The average molecular weight is 169 g/mol. The molecule has 3 N–H and O–H groups in total. The van der Waals surface area contributed by atoms with Crippen LogP contribution in [-0.2, 0) is 4.79 Å². The molecule has 69 valence electrons. The van der Waals surface area contributed by atoms with E-state index in [1.54, 1.807) is 0 Å². The van der Waals surface area contributed by atoms with E-state index in [0.29, 0.717) is 12.5 Å². The van der Waals surface area contributed by atoms with Gasteiger partial charge in [0.15, 0.2) is 0 Å². The number of carbonyl (C=O) groups is 1. The Morgan fingerprint density at radius 3 is 2.92 bits per heavy atom. The molecule has 3 heteroatoms. The van der Waals surface area contributed by atoms with Crippen molar-refractivity contribution in [1.82, 2.24) is 5.32 Å². The van der Waals surface area contributed by atoms with Gasteiger partial charge in [-0.15, -0.1) is 0 Å². The second-order valence-corrected chi connectivity index (χ2v) is 3.46. The number of nitrogens with one attached hydrogen (secondary N) is 1. The van der Waals surface area contributed by atoms with Crippen molar-refractivity contribution in [3.8, 4) is 0 Å². The van der Waals surface area contributed by atoms with Crippen molar-refractivity contribution in [2.75, 3.05) is 6.54 Å². The van der Waals surface area contributed by atoms with Gasteiger partial charge in [0.2, 0.25) is 0 Å². The predicted molar refractivity (Wildman–Crippen MR) is 48.3 cm³/mol. The van der Waals surface area contributed by atoms with E-state index in [9.17, 15) is 4.79 Å². The molecule has 0 spiro atoms. The summed E-state index contributed by atoms with van der Waals surface area (Å²) in [5.41, 5.74) is 5.80. The minimum absolute atomic E-state index is 0.0359. The third kappa shape index (κ3) is 2.05. The molecule has 0 saturated carbocycles. The Bertz CT molecular complexity index is 170. The standard InChI is InChI=1S/C9H17N2O/c1-3-9(12)7-5-11-6(2)4-8(7)10/h6-7,11H,3-5,10H2,1-2H3. The Hall–Kier alpha value is -0.410. The third-order valence-corrected chi connectivity index (χ3v) is 2.40. The maximum Gasteiger partial charge on any atom is 0.138 e. The van der Waals surface area contributed by atoms with Crippen LogP contribution in [0.25, 0.3) is 0 Å². The Balaban J connectivity index is 2.50. The van der Waals surface area contributed by atoms with Gasteiger partial charge >= 0.3 is 0 Å². The summed E-state index contributed by atoms with van der Waals surface area (Å²) in [7, 11) is 0. The van der Waals surface area contributed by atoms with Gasteiger partial charge in [-0.3, -0.25) is 4.79 Å². The number of hydrogen-bond donors (Lipinski definition) is 2. The lowest BCUT2D eigenvalue weighted by Crippen LogP contribution is -2.47. The van der Waals surface area contributed by atoms with E-state index in [1.165, 1.54) is 0 Å². The van der Waals surface area contributed by atoms with Crippen LogP contribution in [0, 0.1) is 12.0 Å². The molecule has 0 aromatic carbocycles. The van der Waals surface area contributed by atoms with E-state index in [-0.39, 0.29) is 11.7 Å². The van der Waals surface area contributed by atoms with E-state index >= 15 is 0 Å². The van der Waals surface area contributed by atoms with Gasteiger partial charge in [0.25, 0.3) is 0 Å². The van der Waals surface area contributed by atoms with Crippen LogP contribution in [0.4, 0.5) is 0 Å². The van der Waals surface area contributed by atoms with Crippen LogP contribution in [0.2, 0.25) is 0 Å². The minimum Gasteiger partial charge on any atom is -0.323 e. The van der Waals surface area contributed by atoms with E-state index in [0.717, 1.165) is 19.0 Å². The van der Waals surface area contributed by atoms with E-state index in [2.05, 4.69) is 12.2 Å². The van der Waals surface area contributed by atoms with Crippen molar-refractivity contribution in [1.29, 1.82) is 0 Å². The molecule has 2 unspecified atom stereocenters. The molecule has 3 nitrogen and oxygen atoms in total. The summed E-state index contributed by atoms with van der Waals surface area (Å²) in [4.78, 5) is 11.3. The maximum absolute atomic E-state index is 11.3. The Labute approximate surface area is 73.7 Å². The topological polar surface area (TPSA) is 55.1 Å². The minimum atomic E-state index is -0.0359. The summed E-state index contributed by atoms with van der Waals surface area (Å²) in [5.74, 6) is 0.220. The lowest BCUT2D eigenvalue weighted by atomic mass is 9.86. The Kier molecular flexibility index (Phi) is 3.23. The number of ketones is 1. The summed E-state index contributed by atoms with van der Waals surface area (Å²) < 4.78 is 0. The molecule has 1 rings (SSSR count). The zero-order chi connectivity index (χ0) is 9.14. The summed E-state index contributed by atoms with van der Waals surface area (Å²) in [6.07, 6.45) is 1.41. The van der Waals surface area contributed by atoms with Gasteiger partial charge in [0.05, 0.1) is 0 Å². The van der Waals surface area contributed by atoms with Crippen molar-refractivity contribution < 1.29 is 4.79 Å². The number of Topliss-reactive ketones (excluding diaryl/α,β-unsaturated/α-hetero) is 1. The van der Waals surface area contributed by atoms with Crippen LogP contribution in [0.5, 0.6) is 0 Å². The summed E-state index contributed by atoms with van der Waals surface area (Å²) in [6, 6.07) is 1.28. The highest BCUT2D eigenvalue weighted by molar-refractivity contribution is 5.83. The van der Waals surface area contributed by atoms with Gasteiger partial charge in [-0.2, -0.15) is 0 Å². The molecule has 0 aromatic rings. The summed E-state index contributed by atoms with van der Waals surface area (Å²) in [5, 5.41) is 3.26. The van der Waals surface area contributed by atoms with Crippen LogP contribution in [-0.4, -0.2) is 18.4 Å². The molecule has 1 saturated heterocycles. The maximum atomic E-state index is 11.3. The number of carbonyl (C=O) groups excluding carboxylic acids is 1. The molecular weight excluding hydrogens is 152 g/mol. The lowest BCUT2D eigenvalue weighted by Gasteiger charge is -2.31. The second kappa shape index (κ2) is 4.01. The monoisotopic (exact) mass is 169 g/mol. The molecule has 0 bridgehead atoms. The van der Waals surface area contributed by atoms with E-state index in [1.807, 2.05) is 6.92 Å². The van der Waals surface area contributed by atoms with Crippen LogP contribution < -0.4 is 11.1 Å². The quantitative estimate of drug-likeness (QED) is 0.631. The van der Waals surface area contributed by atoms with Crippen molar-refractivity contribution in [2.24, 2.45) is 11.7 Å². The fraction of sp³-hybridized carbons (Fsp3) is 0.778. The molecule has 2 atom stereocenters. The van der Waals surface area contributed by atoms with Crippen LogP contribution >= 0.6 is 0 Å². The highest BCUT2D eigenvalue weighted by Gasteiger charge is 2.30. The zero-order valence-electron chi connectivity index (χ0n) is 7.76. The molecule has 1 aliphatic rings. The number of rotatable bonds is 2. The third-order valence-electron chi connectivity index (χ3n) is 2.40.